The van der Waals surface area contributed by atoms with Gasteiger partial charge in [0.25, 0.3) is 0 Å². The number of carboxylic acids is 1. The first kappa shape index (κ1) is 13.3. The number of hydrogen-bond acceptors (Lipinski definition) is 3. The molecule has 2 aliphatic heterocycles. The van der Waals surface area contributed by atoms with E-state index in [1.54, 1.807) is 6.92 Å². The molecule has 18 heavy (non-hydrogen) atoms. The van der Waals surface area contributed by atoms with Crippen molar-refractivity contribution in [2.75, 3.05) is 19.6 Å². The van der Waals surface area contributed by atoms with Crippen molar-refractivity contribution in [3.63, 3.8) is 0 Å². The van der Waals surface area contributed by atoms with E-state index in [9.17, 15) is 9.59 Å². The molecule has 2 saturated heterocycles. The van der Waals surface area contributed by atoms with Crippen LogP contribution in [0.3, 0.4) is 0 Å². The third kappa shape index (κ3) is 2.11. The van der Waals surface area contributed by atoms with Crippen LogP contribution in [0.25, 0.3) is 0 Å². The molecule has 0 saturated carbocycles. The van der Waals surface area contributed by atoms with Crippen molar-refractivity contribution in [1.82, 2.24) is 10.2 Å². The van der Waals surface area contributed by atoms with Crippen LogP contribution in [0.1, 0.15) is 33.1 Å². The van der Waals surface area contributed by atoms with Gasteiger partial charge in [0.2, 0.25) is 5.91 Å². The number of hydrogen-bond donors (Lipinski definition) is 2. The summed E-state index contributed by atoms with van der Waals surface area (Å²) < 4.78 is 0. The zero-order valence-electron chi connectivity index (χ0n) is 11.1. The highest BCUT2D eigenvalue weighted by Gasteiger charge is 2.46. The number of nitrogens with one attached hydrogen (secondary N) is 1. The standard InChI is InChI=1S/C13H22N2O3/c1-3-13(5-4-6-14-13)12(18)15-7-10(8-15)9(2)11(16)17/h9-10,14H,3-8H2,1-2H3,(H,16,17). The number of rotatable bonds is 4. The summed E-state index contributed by atoms with van der Waals surface area (Å²) in [6.45, 7) is 5.85. The van der Waals surface area contributed by atoms with Crippen molar-refractivity contribution in [2.24, 2.45) is 11.8 Å². The van der Waals surface area contributed by atoms with E-state index in [0.29, 0.717) is 13.1 Å². The first-order chi connectivity index (χ1) is 8.50. The predicted octanol–water partition coefficient (Wildman–Crippen LogP) is 0.698. The van der Waals surface area contributed by atoms with Crippen LogP contribution in [0.5, 0.6) is 0 Å². The molecule has 0 bridgehead atoms. The van der Waals surface area contributed by atoms with Crippen molar-refractivity contribution < 1.29 is 14.7 Å². The van der Waals surface area contributed by atoms with Crippen LogP contribution in [0, 0.1) is 11.8 Å². The lowest BCUT2D eigenvalue weighted by Crippen LogP contribution is -2.62. The highest BCUT2D eigenvalue weighted by atomic mass is 16.4. The summed E-state index contributed by atoms with van der Waals surface area (Å²) in [6.07, 6.45) is 2.75. The lowest BCUT2D eigenvalue weighted by molar-refractivity contribution is -0.153. The van der Waals surface area contributed by atoms with E-state index < -0.39 is 5.97 Å². The van der Waals surface area contributed by atoms with Gasteiger partial charge >= 0.3 is 5.97 Å². The molecule has 2 N–H and O–H groups in total. The molecule has 0 spiro atoms. The lowest BCUT2D eigenvalue weighted by Gasteiger charge is -2.45. The van der Waals surface area contributed by atoms with Gasteiger partial charge in [-0.3, -0.25) is 9.59 Å². The first-order valence-corrected chi connectivity index (χ1v) is 6.77. The second-order valence-electron chi connectivity index (χ2n) is 5.56. The average Bonchev–Trinajstić information content (AvgIpc) is 2.76. The average molecular weight is 254 g/mol. The zero-order chi connectivity index (χ0) is 13.3. The Morgan fingerprint density at radius 2 is 2.17 bits per heavy atom. The minimum atomic E-state index is -0.767. The molecule has 0 aromatic rings. The summed E-state index contributed by atoms with van der Waals surface area (Å²) in [5.74, 6) is -0.849. The molecular formula is C13H22N2O3. The Morgan fingerprint density at radius 3 is 2.61 bits per heavy atom. The molecule has 0 aromatic carbocycles. The summed E-state index contributed by atoms with van der Waals surface area (Å²) in [5, 5.41) is 12.3. The van der Waals surface area contributed by atoms with Gasteiger partial charge in [-0.25, -0.2) is 0 Å². The van der Waals surface area contributed by atoms with Gasteiger partial charge < -0.3 is 15.3 Å². The molecule has 0 aliphatic carbocycles. The monoisotopic (exact) mass is 254 g/mol. The minimum Gasteiger partial charge on any atom is -0.481 e. The van der Waals surface area contributed by atoms with Crippen LogP contribution in [0.15, 0.2) is 0 Å². The highest BCUT2D eigenvalue weighted by Crippen LogP contribution is 2.31. The van der Waals surface area contributed by atoms with Crippen LogP contribution >= 0.6 is 0 Å². The highest BCUT2D eigenvalue weighted by molar-refractivity contribution is 5.87. The molecule has 2 aliphatic rings. The second kappa shape index (κ2) is 4.88. The Labute approximate surface area is 108 Å². The number of likely N-dealkylation sites (tertiary alicyclic amines) is 1. The summed E-state index contributed by atoms with van der Waals surface area (Å²) in [4.78, 5) is 25.1. The van der Waals surface area contributed by atoms with Gasteiger partial charge in [-0.2, -0.15) is 0 Å². The van der Waals surface area contributed by atoms with E-state index in [4.69, 9.17) is 5.11 Å². The Bertz CT molecular complexity index is 344. The molecule has 1 amide bonds. The number of carboxylic acid groups (broad SMARTS) is 1. The van der Waals surface area contributed by atoms with E-state index in [2.05, 4.69) is 5.32 Å². The van der Waals surface area contributed by atoms with Gasteiger partial charge in [0.05, 0.1) is 11.5 Å². The molecule has 5 heteroatoms. The quantitative estimate of drug-likeness (QED) is 0.774. The van der Waals surface area contributed by atoms with Gasteiger partial charge in [-0.05, 0) is 25.8 Å². The van der Waals surface area contributed by atoms with E-state index in [1.165, 1.54) is 0 Å². The van der Waals surface area contributed by atoms with Crippen molar-refractivity contribution in [3.8, 4) is 0 Å². The van der Waals surface area contributed by atoms with Crippen LogP contribution in [-0.2, 0) is 9.59 Å². The van der Waals surface area contributed by atoms with Gasteiger partial charge in [0.1, 0.15) is 0 Å². The molecule has 2 fully saturated rings. The maximum Gasteiger partial charge on any atom is 0.306 e. The van der Waals surface area contributed by atoms with Gasteiger partial charge in [0, 0.05) is 19.0 Å². The molecule has 2 atom stereocenters. The summed E-state index contributed by atoms with van der Waals surface area (Å²) in [5.41, 5.74) is -0.378. The van der Waals surface area contributed by atoms with Crippen LogP contribution in [0.2, 0.25) is 0 Å². The fraction of sp³-hybridized carbons (Fsp3) is 0.846. The van der Waals surface area contributed by atoms with E-state index in [-0.39, 0.29) is 23.3 Å². The smallest absolute Gasteiger partial charge is 0.306 e. The fourth-order valence-corrected chi connectivity index (χ4v) is 2.94. The summed E-state index contributed by atoms with van der Waals surface area (Å²) in [6, 6.07) is 0. The Kier molecular flexibility index (Phi) is 3.61. The first-order valence-electron chi connectivity index (χ1n) is 6.77. The third-order valence-corrected chi connectivity index (χ3v) is 4.55. The van der Waals surface area contributed by atoms with Crippen molar-refractivity contribution in [3.05, 3.63) is 0 Å². The molecule has 0 radical (unpaired) electrons. The zero-order valence-corrected chi connectivity index (χ0v) is 11.1. The lowest BCUT2D eigenvalue weighted by atomic mass is 9.84. The van der Waals surface area contributed by atoms with Crippen LogP contribution in [-0.4, -0.2) is 47.1 Å². The Balaban J connectivity index is 1.92. The summed E-state index contributed by atoms with van der Waals surface area (Å²) in [7, 11) is 0. The minimum absolute atomic E-state index is 0.113. The number of aliphatic carboxylic acids is 1. The van der Waals surface area contributed by atoms with Crippen molar-refractivity contribution in [1.29, 1.82) is 0 Å². The van der Waals surface area contributed by atoms with Gasteiger partial charge in [0.15, 0.2) is 0 Å². The molecule has 2 heterocycles. The van der Waals surface area contributed by atoms with Crippen LogP contribution < -0.4 is 5.32 Å². The van der Waals surface area contributed by atoms with E-state index >= 15 is 0 Å². The molecule has 5 nitrogen and oxygen atoms in total. The fourth-order valence-electron chi connectivity index (χ4n) is 2.94. The number of carbonyl (C=O) groups excluding carboxylic acids is 1. The van der Waals surface area contributed by atoms with Crippen molar-refractivity contribution in [2.45, 2.75) is 38.6 Å². The predicted molar refractivity (Wildman–Crippen MR) is 67.1 cm³/mol. The Hall–Kier alpha value is -1.10. The molecular weight excluding hydrogens is 232 g/mol. The topological polar surface area (TPSA) is 69.6 Å². The van der Waals surface area contributed by atoms with E-state index in [0.717, 1.165) is 25.8 Å². The maximum absolute atomic E-state index is 12.4. The van der Waals surface area contributed by atoms with Crippen LogP contribution in [0.4, 0.5) is 0 Å². The normalized spacial score (nSPS) is 30.0. The molecule has 2 unspecified atom stereocenters. The largest absolute Gasteiger partial charge is 0.481 e. The van der Waals surface area contributed by atoms with Crippen molar-refractivity contribution >= 4 is 11.9 Å². The number of nitrogens with zero attached hydrogens (tertiary/aromatic N) is 1. The third-order valence-electron chi connectivity index (χ3n) is 4.55. The molecule has 0 aromatic heterocycles. The Morgan fingerprint density at radius 1 is 1.50 bits per heavy atom. The molecule has 102 valence electrons. The summed E-state index contributed by atoms with van der Waals surface area (Å²) >= 11 is 0. The van der Waals surface area contributed by atoms with Gasteiger partial charge in [-0.1, -0.05) is 13.8 Å². The second-order valence-corrected chi connectivity index (χ2v) is 5.56. The maximum atomic E-state index is 12.4. The van der Waals surface area contributed by atoms with E-state index in [1.807, 2.05) is 11.8 Å². The van der Waals surface area contributed by atoms with Gasteiger partial charge in [-0.15, -0.1) is 0 Å². The number of carbonyl (C=O) groups is 2. The number of amides is 1. The molecule has 2 rings (SSSR count). The SMILES string of the molecule is CCC1(C(=O)N2CC(C(C)C(=O)O)C2)CCCN1.